The molecule has 0 aliphatic rings. The highest BCUT2D eigenvalue weighted by Gasteiger charge is 2.13. The molecule has 0 aliphatic heterocycles. The molecule has 1 N–H and O–H groups in total. The highest BCUT2D eigenvalue weighted by atomic mass is 19.1. The van der Waals surface area contributed by atoms with Gasteiger partial charge in [-0.1, -0.05) is 0 Å². The number of hydrogen-bond acceptors (Lipinski definition) is 3. The van der Waals surface area contributed by atoms with E-state index in [1.54, 1.807) is 12.1 Å². The molecule has 0 bridgehead atoms. The van der Waals surface area contributed by atoms with Crippen LogP contribution >= 0.6 is 0 Å². The Kier molecular flexibility index (Phi) is 4.19. The van der Waals surface area contributed by atoms with E-state index in [-0.39, 0.29) is 6.54 Å². The summed E-state index contributed by atoms with van der Waals surface area (Å²) in [5.74, 6) is -0.701. The van der Waals surface area contributed by atoms with E-state index in [2.05, 4.69) is 5.32 Å². The minimum Gasteiger partial charge on any atom is -0.274 e. The van der Waals surface area contributed by atoms with Gasteiger partial charge in [-0.2, -0.15) is 10.5 Å². The molecular weight excluding hydrogens is 133 g/mol. The van der Waals surface area contributed by atoms with Crippen LogP contribution in [0.1, 0.15) is 6.92 Å². The zero-order chi connectivity index (χ0) is 7.98. The summed E-state index contributed by atoms with van der Waals surface area (Å²) in [6.45, 7) is 1.39. The molecule has 3 nitrogen and oxygen atoms in total. The molecule has 10 heavy (non-hydrogen) atoms. The van der Waals surface area contributed by atoms with E-state index in [1.807, 2.05) is 0 Å². The van der Waals surface area contributed by atoms with E-state index < -0.39 is 12.2 Å². The maximum absolute atomic E-state index is 12.5. The van der Waals surface area contributed by atoms with Gasteiger partial charge in [-0.15, -0.1) is 0 Å². The molecule has 0 aromatic rings. The van der Waals surface area contributed by atoms with E-state index in [0.717, 1.165) is 0 Å². The first-order valence-electron chi connectivity index (χ1n) is 2.86. The van der Waals surface area contributed by atoms with Gasteiger partial charge in [0.2, 0.25) is 0 Å². The van der Waals surface area contributed by atoms with Crippen LogP contribution in [0.2, 0.25) is 0 Å². The van der Waals surface area contributed by atoms with Crippen molar-refractivity contribution in [3.63, 3.8) is 0 Å². The summed E-state index contributed by atoms with van der Waals surface area (Å²) in [6.07, 6.45) is -1.40. The van der Waals surface area contributed by atoms with Crippen molar-refractivity contribution >= 4 is 0 Å². The molecule has 1 unspecified atom stereocenters. The fourth-order valence-corrected chi connectivity index (χ4v) is 0.385. The first-order valence-corrected chi connectivity index (χ1v) is 2.86. The van der Waals surface area contributed by atoms with Gasteiger partial charge in [0.1, 0.15) is 0 Å². The van der Waals surface area contributed by atoms with Crippen LogP contribution in [0.5, 0.6) is 0 Å². The lowest BCUT2D eigenvalue weighted by molar-refractivity contribution is 0.235. The van der Waals surface area contributed by atoms with Crippen molar-refractivity contribution in [2.75, 3.05) is 6.54 Å². The minimum atomic E-state index is -1.40. The van der Waals surface area contributed by atoms with Crippen LogP contribution < -0.4 is 5.32 Å². The smallest absolute Gasteiger partial charge is 0.167 e. The van der Waals surface area contributed by atoms with Gasteiger partial charge in [0.15, 0.2) is 6.30 Å². The third-order valence-corrected chi connectivity index (χ3v) is 1.02. The summed E-state index contributed by atoms with van der Waals surface area (Å²) in [5, 5.41) is 18.4. The summed E-state index contributed by atoms with van der Waals surface area (Å²) in [7, 11) is 0. The van der Waals surface area contributed by atoms with Gasteiger partial charge in [-0.3, -0.25) is 5.32 Å². The molecule has 0 aliphatic carbocycles. The van der Waals surface area contributed by atoms with Crippen molar-refractivity contribution in [3.05, 3.63) is 0 Å². The molecule has 0 aromatic heterocycles. The molecule has 0 rings (SSSR count). The Hall–Kier alpha value is -1.13. The number of nitrogens with one attached hydrogen (secondary N) is 1. The molecule has 0 saturated carbocycles. The molecule has 4 heteroatoms. The summed E-state index contributed by atoms with van der Waals surface area (Å²) in [6, 6.07) is 3.44. The average Bonchev–Trinajstić information content (AvgIpc) is 1.98. The van der Waals surface area contributed by atoms with Gasteiger partial charge in [-0.05, 0) is 6.92 Å². The molecule has 0 radical (unpaired) electrons. The fourth-order valence-electron chi connectivity index (χ4n) is 0.385. The second-order valence-electron chi connectivity index (χ2n) is 1.86. The molecule has 0 spiro atoms. The largest absolute Gasteiger partial charge is 0.274 e. The highest BCUT2D eigenvalue weighted by molar-refractivity contribution is 4.85. The number of halogens is 1. The predicted molar refractivity (Wildman–Crippen MR) is 33.3 cm³/mol. The summed E-state index contributed by atoms with van der Waals surface area (Å²) in [4.78, 5) is 0. The molecule has 0 heterocycles. The topological polar surface area (TPSA) is 59.6 Å². The Bertz CT molecular complexity index is 167. The van der Waals surface area contributed by atoms with Crippen LogP contribution in [0.25, 0.3) is 0 Å². The maximum Gasteiger partial charge on any atom is 0.167 e. The Morgan fingerprint density at radius 2 is 2.20 bits per heavy atom. The Labute approximate surface area is 59.1 Å². The first kappa shape index (κ1) is 8.87. The highest BCUT2D eigenvalue weighted by Crippen LogP contribution is 2.00. The van der Waals surface area contributed by atoms with Crippen LogP contribution in [-0.2, 0) is 0 Å². The second-order valence-corrected chi connectivity index (χ2v) is 1.86. The molecular formula is C6H8FN3. The normalized spacial score (nSPS) is 14.8. The summed E-state index contributed by atoms with van der Waals surface area (Å²) < 4.78 is 12.5. The Morgan fingerprint density at radius 3 is 2.60 bits per heavy atom. The Morgan fingerprint density at radius 1 is 1.60 bits per heavy atom. The number of rotatable bonds is 3. The molecule has 54 valence electrons. The van der Waals surface area contributed by atoms with Crippen molar-refractivity contribution < 1.29 is 4.39 Å². The molecule has 2 atom stereocenters. The fraction of sp³-hybridized carbons (Fsp3) is 0.667. The zero-order valence-corrected chi connectivity index (χ0v) is 5.63. The third kappa shape index (κ3) is 3.01. The number of alkyl halides is 1. The first-order chi connectivity index (χ1) is 4.72. The van der Waals surface area contributed by atoms with Crippen LogP contribution in [0, 0.1) is 28.6 Å². The van der Waals surface area contributed by atoms with Gasteiger partial charge in [-0.25, -0.2) is 4.39 Å². The predicted octanol–water partition coefficient (Wildman–Crippen LogP) is 0.555. The monoisotopic (exact) mass is 141 g/mol. The summed E-state index contributed by atoms with van der Waals surface area (Å²) >= 11 is 0. The molecule has 0 aromatic carbocycles. The number of nitriles is 2. The van der Waals surface area contributed by atoms with E-state index in [4.69, 9.17) is 10.5 Å². The van der Waals surface area contributed by atoms with Gasteiger partial charge >= 0.3 is 0 Å². The SMILES string of the molecule is CC(C#N)[C@H](F)NCC#N. The Balaban J connectivity index is 3.56. The van der Waals surface area contributed by atoms with E-state index in [9.17, 15) is 4.39 Å². The average molecular weight is 141 g/mol. The number of hydrogen-bond donors (Lipinski definition) is 1. The van der Waals surface area contributed by atoms with Crippen molar-refractivity contribution in [2.45, 2.75) is 13.2 Å². The van der Waals surface area contributed by atoms with Crippen LogP contribution in [0.4, 0.5) is 4.39 Å². The van der Waals surface area contributed by atoms with Crippen LogP contribution in [0.3, 0.4) is 0 Å². The lowest BCUT2D eigenvalue weighted by atomic mass is 10.2. The van der Waals surface area contributed by atoms with Crippen molar-refractivity contribution in [2.24, 2.45) is 5.92 Å². The maximum atomic E-state index is 12.5. The lowest BCUT2D eigenvalue weighted by Crippen LogP contribution is -2.30. The van der Waals surface area contributed by atoms with Crippen molar-refractivity contribution in [1.29, 1.82) is 10.5 Å². The third-order valence-electron chi connectivity index (χ3n) is 1.02. The van der Waals surface area contributed by atoms with E-state index in [1.165, 1.54) is 6.92 Å². The zero-order valence-electron chi connectivity index (χ0n) is 5.63. The molecule has 0 saturated heterocycles. The number of nitrogens with zero attached hydrogens (tertiary/aromatic N) is 2. The van der Waals surface area contributed by atoms with Crippen LogP contribution in [-0.4, -0.2) is 12.8 Å². The second kappa shape index (κ2) is 4.72. The molecule has 0 amide bonds. The van der Waals surface area contributed by atoms with Gasteiger partial charge < -0.3 is 0 Å². The van der Waals surface area contributed by atoms with Crippen molar-refractivity contribution in [3.8, 4) is 12.1 Å². The van der Waals surface area contributed by atoms with Crippen molar-refractivity contribution in [1.82, 2.24) is 5.32 Å². The molecule has 0 fully saturated rings. The standard InChI is InChI=1S/C6H8FN3/c1-5(4-9)6(7)10-3-2-8/h5-6,10H,3H2,1H3/t5?,6-/m1/s1. The van der Waals surface area contributed by atoms with Crippen LogP contribution in [0.15, 0.2) is 0 Å². The van der Waals surface area contributed by atoms with Gasteiger partial charge in [0.05, 0.1) is 24.6 Å². The summed E-state index contributed by atoms with van der Waals surface area (Å²) in [5.41, 5.74) is 0. The van der Waals surface area contributed by atoms with Gasteiger partial charge in [0, 0.05) is 0 Å². The van der Waals surface area contributed by atoms with Gasteiger partial charge in [0.25, 0.3) is 0 Å². The van der Waals surface area contributed by atoms with E-state index in [0.29, 0.717) is 0 Å². The van der Waals surface area contributed by atoms with E-state index >= 15 is 0 Å². The lowest BCUT2D eigenvalue weighted by Gasteiger charge is -2.07. The minimum absolute atomic E-state index is 0.0623. The quantitative estimate of drug-likeness (QED) is 0.461.